The summed E-state index contributed by atoms with van der Waals surface area (Å²) in [4.78, 5) is 0. The molecule has 0 saturated carbocycles. The van der Waals surface area contributed by atoms with Gasteiger partial charge >= 0.3 is 27.0 Å². The number of hydrogen-bond donors (Lipinski definition) is 0. The molecule has 2 heterocycles. The molecule has 0 bridgehead atoms. The molecule has 0 unspecified atom stereocenters. The third kappa shape index (κ3) is 11.5. The minimum atomic E-state index is -1.60. The van der Waals surface area contributed by atoms with E-state index in [2.05, 4.69) is 207 Å². The molecule has 7 aromatic carbocycles. The first kappa shape index (κ1) is 50.2. The summed E-state index contributed by atoms with van der Waals surface area (Å²) >= 11 is 1.82. The van der Waals surface area contributed by atoms with E-state index in [0.29, 0.717) is 5.92 Å². The molecule has 9 heteroatoms. The van der Waals surface area contributed by atoms with Gasteiger partial charge in [0.2, 0.25) is 13.6 Å². The molecule has 0 aliphatic carbocycles. The van der Waals surface area contributed by atoms with E-state index in [-0.39, 0.29) is 26.0 Å². The van der Waals surface area contributed by atoms with Crippen molar-refractivity contribution < 1.29 is 36.3 Å². The molecule has 339 valence electrons. The number of rotatable bonds is 8. The second-order valence-corrected chi connectivity index (χ2v) is 22.7. The summed E-state index contributed by atoms with van der Waals surface area (Å²) in [7, 11) is 1.37. The SMILES string of the molecule is Cc1cc(C)cc([PH+](c2cc(C)cc(C)c2)c2ccc3c(c2-c2c([PH+](c4cc(C)cc(C)c4)c4cc(C)cc(C)c4)ccc4c2OCO4)OCO3)c1.Cc1ccc(C(C)C)cc1.Cl.[Cl][Ru]. The first-order valence-corrected chi connectivity index (χ1v) is 27.1. The van der Waals surface area contributed by atoms with Crippen LogP contribution >= 0.6 is 37.9 Å². The summed E-state index contributed by atoms with van der Waals surface area (Å²) in [5.74, 6) is 3.73. The van der Waals surface area contributed by atoms with Crippen molar-refractivity contribution in [3.63, 3.8) is 0 Å². The summed E-state index contributed by atoms with van der Waals surface area (Å²) in [5.41, 5.74) is 15.0. The summed E-state index contributed by atoms with van der Waals surface area (Å²) in [6.07, 6.45) is 0. The van der Waals surface area contributed by atoms with E-state index in [1.54, 1.807) is 0 Å². The van der Waals surface area contributed by atoms with Crippen LogP contribution in [0.4, 0.5) is 0 Å². The van der Waals surface area contributed by atoms with Crippen LogP contribution in [0.2, 0.25) is 0 Å². The molecule has 0 N–H and O–H groups in total. The zero-order valence-electron chi connectivity index (χ0n) is 39.3. The van der Waals surface area contributed by atoms with E-state index in [0.717, 1.165) is 34.1 Å². The number of aryl methyl sites for hydroxylation is 9. The standard InChI is InChI=1S/C46H44O4P2.C10H14.2ClH.Ru/c1-27-13-28(2)18-35(17-27)51(36-19-29(3)14-30(4)20-36)41-11-9-39-45(49-25-47-39)43(41)44-42(12-10-40-46(44)50-26-48-40)52(37-21-31(5)15-32(6)22-37)38-23-33(7)16-34(8)24-38;1-8(2)10-6-4-9(3)5-7-10;;;/h9-24H,25-26H2,1-8H3;4-8H,1-3H3;2*1H;/q;;;;+1/p+1. The van der Waals surface area contributed by atoms with Crippen LogP contribution < -0.4 is 50.8 Å². The fourth-order valence-corrected chi connectivity index (χ4v) is 15.6. The molecule has 9 rings (SSSR count). The van der Waals surface area contributed by atoms with Crippen LogP contribution in [0.25, 0.3) is 11.1 Å². The molecule has 0 radical (unpaired) electrons. The molecule has 0 spiro atoms. The zero-order chi connectivity index (χ0) is 45.8. The summed E-state index contributed by atoms with van der Waals surface area (Å²) < 4.78 is 25.4. The minimum absolute atomic E-state index is 0. The molecular formula is C56H61Cl2O4P2Ru+2. The first-order chi connectivity index (χ1) is 30.7. The third-order valence-corrected chi connectivity index (χ3v) is 17.0. The van der Waals surface area contributed by atoms with Gasteiger partial charge in [0.25, 0.3) is 0 Å². The average Bonchev–Trinajstić information content (AvgIpc) is 3.92. The van der Waals surface area contributed by atoms with Gasteiger partial charge in [-0.3, -0.25) is 0 Å². The number of ether oxygens (including phenoxy) is 4. The van der Waals surface area contributed by atoms with Crippen molar-refractivity contribution in [2.45, 2.75) is 82.1 Å². The Labute approximate surface area is 410 Å². The Hall–Kier alpha value is -4.20. The van der Waals surface area contributed by atoms with Gasteiger partial charge in [-0.2, -0.15) is 0 Å². The Morgan fingerprint density at radius 3 is 0.969 bits per heavy atom. The van der Waals surface area contributed by atoms with Crippen LogP contribution in [0.1, 0.15) is 75.4 Å². The first-order valence-electron chi connectivity index (χ1n) is 21.9. The molecule has 0 amide bonds. The second-order valence-electron chi connectivity index (χ2n) is 17.8. The van der Waals surface area contributed by atoms with Crippen molar-refractivity contribution in [1.29, 1.82) is 0 Å². The van der Waals surface area contributed by atoms with Gasteiger partial charge in [0.1, 0.15) is 31.8 Å². The molecule has 7 aromatic rings. The van der Waals surface area contributed by atoms with Crippen molar-refractivity contribution >= 4 is 69.8 Å². The summed E-state index contributed by atoms with van der Waals surface area (Å²) in [6.45, 7) is 24.5. The van der Waals surface area contributed by atoms with E-state index < -0.39 is 15.8 Å². The van der Waals surface area contributed by atoms with Gasteiger partial charge in [-0.15, -0.1) is 12.4 Å². The van der Waals surface area contributed by atoms with Crippen LogP contribution in [0.5, 0.6) is 23.0 Å². The Morgan fingerprint density at radius 1 is 0.400 bits per heavy atom. The topological polar surface area (TPSA) is 36.9 Å². The fraction of sp³-hybridized carbons (Fsp3) is 0.250. The van der Waals surface area contributed by atoms with Crippen LogP contribution in [0.15, 0.2) is 121 Å². The van der Waals surface area contributed by atoms with Crippen molar-refractivity contribution in [1.82, 2.24) is 0 Å². The van der Waals surface area contributed by atoms with E-state index >= 15 is 0 Å². The van der Waals surface area contributed by atoms with Crippen LogP contribution in [-0.4, -0.2) is 13.6 Å². The average molecular weight is 1030 g/mol. The zero-order valence-corrected chi connectivity index (χ0v) is 44.6. The molecule has 4 nitrogen and oxygen atoms in total. The van der Waals surface area contributed by atoms with E-state index in [1.807, 2.05) is 17.3 Å². The third-order valence-electron chi connectivity index (χ3n) is 11.7. The molecule has 0 saturated heterocycles. The quantitative estimate of drug-likeness (QED) is 0.112. The second kappa shape index (κ2) is 22.1. The predicted octanol–water partition coefficient (Wildman–Crippen LogP) is 12.5. The normalized spacial score (nSPS) is 12.1. The predicted molar refractivity (Wildman–Crippen MR) is 281 cm³/mol. The molecule has 0 atom stereocenters. The number of hydrogen-bond acceptors (Lipinski definition) is 4. The molecular weight excluding hydrogens is 971 g/mol. The van der Waals surface area contributed by atoms with Gasteiger partial charge in [0.05, 0.1) is 27.0 Å². The number of fused-ring (bicyclic) bond motifs is 2. The number of halogens is 2. The van der Waals surface area contributed by atoms with Crippen molar-refractivity contribution in [3.05, 3.63) is 177 Å². The Kier molecular flexibility index (Phi) is 17.0. The van der Waals surface area contributed by atoms with Crippen molar-refractivity contribution in [3.8, 4) is 34.1 Å². The Balaban J connectivity index is 0.000000474. The summed E-state index contributed by atoms with van der Waals surface area (Å²) in [6, 6.07) is 45.6. The van der Waals surface area contributed by atoms with Gasteiger partial charge in [-0.25, -0.2) is 0 Å². The van der Waals surface area contributed by atoms with Gasteiger partial charge in [0.15, 0.2) is 23.0 Å². The Bertz CT molecular complexity index is 2460. The maximum absolute atomic E-state index is 6.53. The molecule has 2 aliphatic rings. The summed E-state index contributed by atoms with van der Waals surface area (Å²) in [5, 5.41) is 7.86. The van der Waals surface area contributed by atoms with E-state index in [4.69, 9.17) is 18.9 Å². The maximum atomic E-state index is 6.53. The molecule has 0 aromatic heterocycles. The van der Waals surface area contributed by atoms with Crippen LogP contribution in [0, 0.1) is 62.3 Å². The van der Waals surface area contributed by atoms with Crippen molar-refractivity contribution in [2.24, 2.45) is 0 Å². The van der Waals surface area contributed by atoms with E-state index in [1.165, 1.54) is 87.5 Å². The van der Waals surface area contributed by atoms with E-state index in [9.17, 15) is 0 Å². The van der Waals surface area contributed by atoms with Crippen LogP contribution in [0.3, 0.4) is 0 Å². The molecule has 0 fully saturated rings. The van der Waals surface area contributed by atoms with Gasteiger partial charge in [-0.1, -0.05) is 67.9 Å². The Morgan fingerprint density at radius 2 is 0.692 bits per heavy atom. The van der Waals surface area contributed by atoms with Gasteiger partial charge < -0.3 is 18.9 Å². The van der Waals surface area contributed by atoms with Gasteiger partial charge in [0, 0.05) is 0 Å². The molecule has 2 aliphatic heterocycles. The van der Waals surface area contributed by atoms with Crippen molar-refractivity contribution in [2.75, 3.05) is 13.6 Å². The fourth-order valence-electron chi connectivity index (χ4n) is 9.24. The van der Waals surface area contributed by atoms with Crippen LogP contribution in [-0.2, 0) is 17.3 Å². The molecule has 65 heavy (non-hydrogen) atoms. The van der Waals surface area contributed by atoms with Gasteiger partial charge in [-0.05, 0) is 191 Å². The monoisotopic (exact) mass is 1030 g/mol. The number of benzene rings is 7.